The molecule has 2 heterocycles. The van der Waals surface area contributed by atoms with Gasteiger partial charge in [0, 0.05) is 12.3 Å². The first-order valence-electron chi connectivity index (χ1n) is 18.8. The van der Waals surface area contributed by atoms with Crippen LogP contribution in [0.2, 0.25) is 0 Å². The van der Waals surface area contributed by atoms with Crippen LogP contribution in [0.1, 0.15) is 79.6 Å². The minimum absolute atomic E-state index is 0.0163. The van der Waals surface area contributed by atoms with Gasteiger partial charge in [-0.25, -0.2) is 0 Å². The Kier molecular flexibility index (Phi) is 11.3. The fraction of sp³-hybridized carbons (Fsp3) is 0.946. The first-order chi connectivity index (χ1) is 23.5. The van der Waals surface area contributed by atoms with Gasteiger partial charge in [-0.2, -0.15) is 0 Å². The Labute approximate surface area is 295 Å². The van der Waals surface area contributed by atoms with Crippen molar-refractivity contribution < 1.29 is 64.9 Å². The van der Waals surface area contributed by atoms with E-state index in [0.717, 1.165) is 19.3 Å². The van der Waals surface area contributed by atoms with E-state index in [4.69, 9.17) is 18.9 Å². The summed E-state index contributed by atoms with van der Waals surface area (Å²) >= 11 is 0. The number of aliphatic hydroxyl groups is 9. The average Bonchev–Trinajstić information content (AvgIpc) is 3.51. The quantitative estimate of drug-likeness (QED) is 0.146. The normalized spacial score (nSPS) is 53.6. The van der Waals surface area contributed by atoms with Crippen LogP contribution < -0.4 is 0 Å². The van der Waals surface area contributed by atoms with E-state index in [1.807, 2.05) is 19.9 Å². The topological polar surface area (TPSA) is 219 Å². The van der Waals surface area contributed by atoms with Gasteiger partial charge in [-0.1, -0.05) is 46.8 Å². The molecular formula is C37H62O13. The van der Waals surface area contributed by atoms with Crippen molar-refractivity contribution in [2.24, 2.45) is 46.3 Å². The molecule has 6 fully saturated rings. The highest BCUT2D eigenvalue weighted by Crippen LogP contribution is 2.69. The number of fused-ring (bicyclic) bond motifs is 5. The molecule has 0 radical (unpaired) electrons. The van der Waals surface area contributed by atoms with Crippen LogP contribution in [-0.4, -0.2) is 138 Å². The highest BCUT2D eigenvalue weighted by atomic mass is 16.8. The second-order valence-electron chi connectivity index (χ2n) is 17.4. The zero-order valence-electron chi connectivity index (χ0n) is 30.1. The van der Waals surface area contributed by atoms with Gasteiger partial charge in [-0.3, -0.25) is 0 Å². The number of hydrogen-bond acceptors (Lipinski definition) is 13. The lowest BCUT2D eigenvalue weighted by atomic mass is 9.42. The zero-order chi connectivity index (χ0) is 36.5. The van der Waals surface area contributed by atoms with Gasteiger partial charge in [0.15, 0.2) is 12.6 Å². The van der Waals surface area contributed by atoms with Gasteiger partial charge < -0.3 is 64.9 Å². The van der Waals surface area contributed by atoms with Gasteiger partial charge in [-0.15, -0.1) is 0 Å². The van der Waals surface area contributed by atoms with E-state index in [1.165, 1.54) is 0 Å². The van der Waals surface area contributed by atoms with Crippen LogP contribution in [0.3, 0.4) is 0 Å². The number of aliphatic hydroxyl groups excluding tert-OH is 8. The summed E-state index contributed by atoms with van der Waals surface area (Å²) in [5, 5.41) is 97.3. The fourth-order valence-corrected chi connectivity index (χ4v) is 11.5. The molecule has 2 aliphatic heterocycles. The first kappa shape index (κ1) is 38.9. The third-order valence-electron chi connectivity index (χ3n) is 14.1. The van der Waals surface area contributed by atoms with Gasteiger partial charge in [0.05, 0.1) is 43.2 Å². The molecule has 0 spiro atoms. The maximum atomic E-state index is 12.6. The number of hydrogen-bond donors (Lipinski definition) is 9. The van der Waals surface area contributed by atoms with Crippen LogP contribution in [0, 0.1) is 46.3 Å². The van der Waals surface area contributed by atoms with Crippen molar-refractivity contribution in [1.82, 2.24) is 0 Å². The lowest BCUT2D eigenvalue weighted by Gasteiger charge is -2.66. The summed E-state index contributed by atoms with van der Waals surface area (Å²) in [5.74, 6) is -0.574. The van der Waals surface area contributed by atoms with E-state index < -0.39 is 91.7 Å². The minimum atomic E-state index is -1.58. The third kappa shape index (κ3) is 6.54. The number of rotatable bonds is 9. The van der Waals surface area contributed by atoms with Gasteiger partial charge >= 0.3 is 0 Å². The van der Waals surface area contributed by atoms with Gasteiger partial charge in [0.25, 0.3) is 0 Å². The molecule has 6 rings (SSSR count). The maximum Gasteiger partial charge on any atom is 0.187 e. The summed E-state index contributed by atoms with van der Waals surface area (Å²) in [6, 6.07) is 0. The molecule has 13 heteroatoms. The molecule has 4 saturated carbocycles. The predicted molar refractivity (Wildman–Crippen MR) is 178 cm³/mol. The lowest BCUT2D eigenvalue weighted by Crippen LogP contribution is -2.68. The Morgan fingerprint density at radius 3 is 2.20 bits per heavy atom. The van der Waals surface area contributed by atoms with Crippen molar-refractivity contribution in [3.8, 4) is 0 Å². The summed E-state index contributed by atoms with van der Waals surface area (Å²) in [7, 11) is 0. The molecule has 9 N–H and O–H groups in total. The standard InChI is InChI=1S/C37H62O13/c1-17(2)25(48-34-31(29(44)26(15-38)49-34)50-33-30(45)28(43)24(42)16-47-33)7-6-18(3)20-13-22(40)32-36(20,5)11-9-27-35(4)10-8-19(39)12-21(35)23(41)14-37(27,32)46/h6-7,17-34,38-46H,8-16H2,1-5H3. The number of allylic oxidation sites excluding steroid dienone is 1. The van der Waals surface area contributed by atoms with Crippen molar-refractivity contribution in [3.05, 3.63) is 12.2 Å². The van der Waals surface area contributed by atoms with Crippen molar-refractivity contribution in [2.75, 3.05) is 13.2 Å². The Morgan fingerprint density at radius 1 is 0.820 bits per heavy atom. The molecule has 50 heavy (non-hydrogen) atoms. The predicted octanol–water partition coefficient (Wildman–Crippen LogP) is 0.199. The van der Waals surface area contributed by atoms with Crippen LogP contribution in [0.15, 0.2) is 12.2 Å². The summed E-state index contributed by atoms with van der Waals surface area (Å²) < 4.78 is 23.4. The van der Waals surface area contributed by atoms with Crippen LogP contribution in [0.5, 0.6) is 0 Å². The van der Waals surface area contributed by atoms with E-state index >= 15 is 0 Å². The van der Waals surface area contributed by atoms with Crippen LogP contribution >= 0.6 is 0 Å². The highest BCUT2D eigenvalue weighted by Gasteiger charge is 2.70. The fourth-order valence-electron chi connectivity index (χ4n) is 11.5. The Bertz CT molecular complexity index is 1200. The SMILES string of the molecule is CC(C)C(C=CC(C)C1CC(O)C2C1(C)CCC1C3(C)CCC(O)CC3C(O)CC12O)OC1OC(CO)C(O)C1OC1OCC(O)C(O)C1O. The summed E-state index contributed by atoms with van der Waals surface area (Å²) in [6.07, 6.45) is -4.58. The second-order valence-corrected chi connectivity index (χ2v) is 17.4. The molecule has 6 aliphatic rings. The molecular weight excluding hydrogens is 652 g/mol. The van der Waals surface area contributed by atoms with E-state index in [-0.39, 0.29) is 53.4 Å². The molecule has 20 atom stereocenters. The monoisotopic (exact) mass is 714 g/mol. The lowest BCUT2D eigenvalue weighted by molar-refractivity contribution is -0.306. The van der Waals surface area contributed by atoms with E-state index in [9.17, 15) is 46.0 Å². The van der Waals surface area contributed by atoms with Crippen molar-refractivity contribution in [2.45, 2.75) is 159 Å². The Morgan fingerprint density at radius 2 is 1.52 bits per heavy atom. The molecule has 0 aromatic rings. The minimum Gasteiger partial charge on any atom is -0.394 e. The van der Waals surface area contributed by atoms with Gasteiger partial charge in [0.1, 0.15) is 36.6 Å². The molecule has 13 nitrogen and oxygen atoms in total. The molecule has 4 aliphatic carbocycles. The molecule has 2 saturated heterocycles. The van der Waals surface area contributed by atoms with E-state index in [0.29, 0.717) is 19.3 Å². The first-order valence-corrected chi connectivity index (χ1v) is 18.8. The van der Waals surface area contributed by atoms with Crippen molar-refractivity contribution >= 4 is 0 Å². The van der Waals surface area contributed by atoms with Crippen molar-refractivity contribution in [1.29, 1.82) is 0 Å². The van der Waals surface area contributed by atoms with Gasteiger partial charge in [-0.05, 0) is 78.9 Å². The molecule has 288 valence electrons. The summed E-state index contributed by atoms with van der Waals surface area (Å²) in [5.41, 5.74) is -1.92. The molecule has 0 amide bonds. The summed E-state index contributed by atoms with van der Waals surface area (Å²) in [6.45, 7) is 9.60. The third-order valence-corrected chi connectivity index (χ3v) is 14.1. The summed E-state index contributed by atoms with van der Waals surface area (Å²) in [4.78, 5) is 0. The molecule has 0 aromatic carbocycles. The largest absolute Gasteiger partial charge is 0.394 e. The Hall–Kier alpha value is -0.780. The number of ether oxygens (including phenoxy) is 4. The molecule has 0 bridgehead atoms. The zero-order valence-corrected chi connectivity index (χ0v) is 30.1. The van der Waals surface area contributed by atoms with Crippen molar-refractivity contribution in [3.63, 3.8) is 0 Å². The molecule has 0 aromatic heterocycles. The molecule has 20 unspecified atom stereocenters. The average molecular weight is 715 g/mol. The maximum absolute atomic E-state index is 12.6. The highest BCUT2D eigenvalue weighted by molar-refractivity contribution is 5.21. The van der Waals surface area contributed by atoms with Crippen LogP contribution in [-0.2, 0) is 18.9 Å². The Balaban J connectivity index is 1.17. The van der Waals surface area contributed by atoms with Crippen LogP contribution in [0.25, 0.3) is 0 Å². The van der Waals surface area contributed by atoms with Crippen LogP contribution in [0.4, 0.5) is 0 Å². The van der Waals surface area contributed by atoms with E-state index in [1.54, 1.807) is 0 Å². The second kappa shape index (κ2) is 14.5. The van der Waals surface area contributed by atoms with E-state index in [2.05, 4.69) is 26.8 Å². The smallest absolute Gasteiger partial charge is 0.187 e. The van der Waals surface area contributed by atoms with Gasteiger partial charge in [0.2, 0.25) is 0 Å².